The molecule has 0 aliphatic rings. The summed E-state index contributed by atoms with van der Waals surface area (Å²) in [4.78, 5) is 26.0. The Hall–Kier alpha value is -3.66. The predicted molar refractivity (Wildman–Crippen MR) is 114 cm³/mol. The van der Waals surface area contributed by atoms with Crippen molar-refractivity contribution in [2.45, 2.75) is 13.8 Å². The van der Waals surface area contributed by atoms with Crippen LogP contribution in [0.1, 0.15) is 22.8 Å². The molecular weight excluding hydrogens is 364 g/mol. The van der Waals surface area contributed by atoms with Crippen LogP contribution >= 0.6 is 0 Å². The van der Waals surface area contributed by atoms with E-state index >= 15 is 0 Å². The van der Waals surface area contributed by atoms with Gasteiger partial charge in [0.2, 0.25) is 5.43 Å². The second-order valence-corrected chi connectivity index (χ2v) is 6.75. The molecule has 4 aromatic rings. The third kappa shape index (κ3) is 3.45. The van der Waals surface area contributed by atoms with Gasteiger partial charge in [0.25, 0.3) is 0 Å². The van der Waals surface area contributed by atoms with E-state index < -0.39 is 5.97 Å². The van der Waals surface area contributed by atoms with Gasteiger partial charge in [-0.25, -0.2) is 4.79 Å². The fourth-order valence-electron chi connectivity index (χ4n) is 3.45. The summed E-state index contributed by atoms with van der Waals surface area (Å²) in [6.45, 7) is 3.86. The highest BCUT2D eigenvalue weighted by Gasteiger charge is 2.24. The summed E-state index contributed by atoms with van der Waals surface area (Å²) in [6, 6.07) is 22.6. The van der Waals surface area contributed by atoms with Gasteiger partial charge >= 0.3 is 5.97 Å². The molecule has 3 aromatic carbocycles. The molecule has 4 rings (SSSR count). The number of fused-ring (bicyclic) bond motifs is 1. The number of ether oxygens (including phenoxy) is 1. The lowest BCUT2D eigenvalue weighted by atomic mass is 9.97. The van der Waals surface area contributed by atoms with Crippen LogP contribution in [0.2, 0.25) is 0 Å². The number of aryl methyl sites for hydroxylation is 1. The van der Waals surface area contributed by atoms with Crippen molar-refractivity contribution in [3.05, 3.63) is 94.1 Å². The van der Waals surface area contributed by atoms with Gasteiger partial charge in [0.15, 0.2) is 11.3 Å². The van der Waals surface area contributed by atoms with Crippen molar-refractivity contribution in [2.75, 3.05) is 6.61 Å². The second kappa shape index (κ2) is 7.76. The maximum atomic E-state index is 13.4. The fourth-order valence-corrected chi connectivity index (χ4v) is 3.45. The lowest BCUT2D eigenvalue weighted by Crippen LogP contribution is -2.19. The number of carbonyl (C=O) groups is 1. The standard InChI is InChI=1S/C25H20O4/c1-3-28-25(27)22-23(26)20-15-19(17-10-6-4-7-11-17)16(2)14-21(20)29-24(22)18-12-8-5-9-13-18/h4-15H,3H2,1-2H3. The number of hydrogen-bond donors (Lipinski definition) is 0. The number of carbonyl (C=O) groups excluding carboxylic acids is 1. The third-order valence-corrected chi connectivity index (χ3v) is 4.84. The van der Waals surface area contributed by atoms with Crippen molar-refractivity contribution < 1.29 is 13.9 Å². The lowest BCUT2D eigenvalue weighted by molar-refractivity contribution is 0.0524. The summed E-state index contributed by atoms with van der Waals surface area (Å²) >= 11 is 0. The molecule has 0 atom stereocenters. The zero-order chi connectivity index (χ0) is 20.4. The SMILES string of the molecule is CCOC(=O)c1c(-c2ccccc2)oc2cc(C)c(-c3ccccc3)cc2c1=O. The molecule has 0 bridgehead atoms. The summed E-state index contributed by atoms with van der Waals surface area (Å²) < 4.78 is 11.3. The lowest BCUT2D eigenvalue weighted by Gasteiger charge is -2.12. The molecular formula is C25H20O4. The smallest absolute Gasteiger partial charge is 0.346 e. The van der Waals surface area contributed by atoms with Gasteiger partial charge in [-0.3, -0.25) is 4.79 Å². The summed E-state index contributed by atoms with van der Waals surface area (Å²) in [5.74, 6) is -0.447. The summed E-state index contributed by atoms with van der Waals surface area (Å²) in [5, 5.41) is 0.359. The highest BCUT2D eigenvalue weighted by atomic mass is 16.5. The Balaban J connectivity index is 2.04. The van der Waals surface area contributed by atoms with Crippen molar-refractivity contribution in [1.29, 1.82) is 0 Å². The Kier molecular flexibility index (Phi) is 5.00. The minimum Gasteiger partial charge on any atom is -0.462 e. The molecule has 0 fully saturated rings. The van der Waals surface area contributed by atoms with Crippen LogP contribution in [0.3, 0.4) is 0 Å². The molecule has 4 nitrogen and oxygen atoms in total. The molecule has 0 spiro atoms. The van der Waals surface area contributed by atoms with Gasteiger partial charge in [-0.05, 0) is 42.7 Å². The number of hydrogen-bond acceptors (Lipinski definition) is 4. The van der Waals surface area contributed by atoms with E-state index in [-0.39, 0.29) is 23.4 Å². The average molecular weight is 384 g/mol. The first kappa shape index (κ1) is 18.7. The van der Waals surface area contributed by atoms with Crippen LogP contribution in [0.4, 0.5) is 0 Å². The van der Waals surface area contributed by atoms with Gasteiger partial charge in [0.1, 0.15) is 5.58 Å². The Labute approximate surface area is 168 Å². The van der Waals surface area contributed by atoms with Crippen molar-refractivity contribution in [3.8, 4) is 22.5 Å². The Morgan fingerprint density at radius 2 is 1.55 bits per heavy atom. The molecule has 1 aromatic heterocycles. The van der Waals surface area contributed by atoms with Gasteiger partial charge in [-0.2, -0.15) is 0 Å². The first-order chi connectivity index (χ1) is 14.1. The van der Waals surface area contributed by atoms with Crippen LogP contribution in [0.15, 0.2) is 82.0 Å². The molecule has 0 aliphatic carbocycles. The molecule has 0 saturated heterocycles. The van der Waals surface area contributed by atoms with Crippen molar-refractivity contribution >= 4 is 16.9 Å². The summed E-state index contributed by atoms with van der Waals surface area (Å²) in [5.41, 5.74) is 3.53. The number of benzene rings is 3. The van der Waals surface area contributed by atoms with Crippen LogP contribution in [-0.4, -0.2) is 12.6 Å². The van der Waals surface area contributed by atoms with E-state index in [2.05, 4.69) is 0 Å². The highest BCUT2D eigenvalue weighted by Crippen LogP contribution is 2.31. The minimum absolute atomic E-state index is 0.0755. The van der Waals surface area contributed by atoms with Crippen molar-refractivity contribution in [1.82, 2.24) is 0 Å². The molecule has 0 unspecified atom stereocenters. The number of esters is 1. The van der Waals surface area contributed by atoms with Gasteiger partial charge < -0.3 is 9.15 Å². The monoisotopic (exact) mass is 384 g/mol. The minimum atomic E-state index is -0.677. The van der Waals surface area contributed by atoms with Crippen LogP contribution in [-0.2, 0) is 4.74 Å². The zero-order valence-corrected chi connectivity index (χ0v) is 16.3. The topological polar surface area (TPSA) is 56.5 Å². The number of rotatable bonds is 4. The average Bonchev–Trinajstić information content (AvgIpc) is 2.74. The van der Waals surface area contributed by atoms with Crippen LogP contribution < -0.4 is 5.43 Å². The fraction of sp³-hybridized carbons (Fsp3) is 0.120. The van der Waals surface area contributed by atoms with E-state index in [4.69, 9.17) is 9.15 Å². The normalized spacial score (nSPS) is 10.8. The quantitative estimate of drug-likeness (QED) is 0.429. The molecule has 144 valence electrons. The molecule has 0 saturated carbocycles. The molecule has 0 amide bonds. The zero-order valence-electron chi connectivity index (χ0n) is 16.3. The van der Waals surface area contributed by atoms with E-state index in [0.29, 0.717) is 16.5 Å². The van der Waals surface area contributed by atoms with Crippen molar-refractivity contribution in [3.63, 3.8) is 0 Å². The first-order valence-corrected chi connectivity index (χ1v) is 9.49. The highest BCUT2D eigenvalue weighted by molar-refractivity contribution is 6.00. The molecule has 29 heavy (non-hydrogen) atoms. The van der Waals surface area contributed by atoms with E-state index in [0.717, 1.165) is 16.7 Å². The van der Waals surface area contributed by atoms with Crippen molar-refractivity contribution in [2.24, 2.45) is 0 Å². The summed E-state index contributed by atoms with van der Waals surface area (Å²) in [6.07, 6.45) is 0. The molecule has 0 radical (unpaired) electrons. The van der Waals surface area contributed by atoms with Crippen LogP contribution in [0, 0.1) is 6.92 Å². The Bertz CT molecular complexity index is 1240. The molecule has 4 heteroatoms. The van der Waals surface area contributed by atoms with Gasteiger partial charge in [-0.1, -0.05) is 60.7 Å². The second-order valence-electron chi connectivity index (χ2n) is 6.75. The van der Waals surface area contributed by atoms with E-state index in [9.17, 15) is 9.59 Å². The van der Waals surface area contributed by atoms with E-state index in [1.807, 2.05) is 61.5 Å². The predicted octanol–water partition coefficient (Wildman–Crippen LogP) is 5.61. The van der Waals surface area contributed by atoms with E-state index in [1.165, 1.54) is 0 Å². The molecule has 0 aliphatic heterocycles. The summed E-state index contributed by atoms with van der Waals surface area (Å²) in [7, 11) is 0. The molecule has 1 heterocycles. The van der Waals surface area contributed by atoms with Gasteiger partial charge in [0.05, 0.1) is 12.0 Å². The van der Waals surface area contributed by atoms with Crippen LogP contribution in [0.5, 0.6) is 0 Å². The van der Waals surface area contributed by atoms with E-state index in [1.54, 1.807) is 25.1 Å². The first-order valence-electron chi connectivity index (χ1n) is 9.49. The maximum Gasteiger partial charge on any atom is 0.346 e. The van der Waals surface area contributed by atoms with Gasteiger partial charge in [0, 0.05) is 5.56 Å². The third-order valence-electron chi connectivity index (χ3n) is 4.84. The largest absolute Gasteiger partial charge is 0.462 e. The van der Waals surface area contributed by atoms with Crippen LogP contribution in [0.25, 0.3) is 33.4 Å². The molecule has 0 N–H and O–H groups in total. The van der Waals surface area contributed by atoms with Gasteiger partial charge in [-0.15, -0.1) is 0 Å². The Morgan fingerprint density at radius 1 is 0.931 bits per heavy atom. The Morgan fingerprint density at radius 3 is 2.17 bits per heavy atom. The maximum absolute atomic E-state index is 13.4.